The molecule has 1 amide bonds. The van der Waals surface area contributed by atoms with Gasteiger partial charge in [-0.3, -0.25) is 9.69 Å². The normalized spacial score (nSPS) is 24.3. The van der Waals surface area contributed by atoms with Crippen LogP contribution in [0, 0.1) is 23.0 Å². The first-order valence-electron chi connectivity index (χ1n) is 9.17. The van der Waals surface area contributed by atoms with Crippen molar-refractivity contribution in [2.24, 2.45) is 11.3 Å². The van der Waals surface area contributed by atoms with Gasteiger partial charge in [-0.15, -0.1) is 0 Å². The van der Waals surface area contributed by atoms with Gasteiger partial charge in [0.2, 0.25) is 5.91 Å². The molecule has 2 fully saturated rings. The SMILES string of the molecule is CNC(=O)C1CCCC12CCN(Cc1cccc(F)c1F)C2.O=C(O)C(F)(F)F. The molecule has 1 aromatic carbocycles. The zero-order valence-electron chi connectivity index (χ0n) is 15.9. The molecule has 10 heteroatoms. The molecule has 1 aromatic rings. The summed E-state index contributed by atoms with van der Waals surface area (Å²) in [7, 11) is 1.68. The fourth-order valence-electron chi connectivity index (χ4n) is 4.24. The number of carbonyl (C=O) groups is 2. The molecule has 1 saturated carbocycles. The van der Waals surface area contributed by atoms with E-state index in [1.807, 2.05) is 0 Å². The maximum atomic E-state index is 13.8. The molecule has 2 N–H and O–H groups in total. The molecule has 1 saturated heterocycles. The number of amides is 1. The number of carboxylic acids is 1. The lowest BCUT2D eigenvalue weighted by Crippen LogP contribution is -2.39. The number of aliphatic carboxylic acids is 1. The highest BCUT2D eigenvalue weighted by Crippen LogP contribution is 2.50. The minimum Gasteiger partial charge on any atom is -0.475 e. The predicted octanol–water partition coefficient (Wildman–Crippen LogP) is 3.34. The molecule has 29 heavy (non-hydrogen) atoms. The molecule has 0 radical (unpaired) electrons. The molecule has 1 heterocycles. The van der Waals surface area contributed by atoms with E-state index in [2.05, 4.69) is 10.2 Å². The van der Waals surface area contributed by atoms with E-state index in [4.69, 9.17) is 9.90 Å². The maximum absolute atomic E-state index is 13.8. The van der Waals surface area contributed by atoms with Crippen LogP contribution in [0.25, 0.3) is 0 Å². The first-order valence-corrected chi connectivity index (χ1v) is 9.17. The van der Waals surface area contributed by atoms with Crippen LogP contribution < -0.4 is 5.32 Å². The van der Waals surface area contributed by atoms with Crippen LogP contribution in [0.5, 0.6) is 0 Å². The number of likely N-dealkylation sites (tertiary alicyclic amines) is 1. The van der Waals surface area contributed by atoms with Crippen LogP contribution in [-0.4, -0.2) is 48.2 Å². The molecule has 0 bridgehead atoms. The average molecular weight is 422 g/mol. The first kappa shape index (κ1) is 23.1. The summed E-state index contributed by atoms with van der Waals surface area (Å²) < 4.78 is 58.9. The fraction of sp³-hybridized carbons (Fsp3) is 0.579. The summed E-state index contributed by atoms with van der Waals surface area (Å²) in [4.78, 5) is 23.1. The highest BCUT2D eigenvalue weighted by atomic mass is 19.4. The van der Waals surface area contributed by atoms with Crippen LogP contribution in [0.15, 0.2) is 18.2 Å². The van der Waals surface area contributed by atoms with E-state index in [0.29, 0.717) is 12.1 Å². The highest BCUT2D eigenvalue weighted by molar-refractivity contribution is 5.79. The molecule has 0 aromatic heterocycles. The van der Waals surface area contributed by atoms with Crippen LogP contribution in [0.2, 0.25) is 0 Å². The van der Waals surface area contributed by atoms with E-state index in [9.17, 15) is 26.7 Å². The van der Waals surface area contributed by atoms with Gasteiger partial charge in [-0.1, -0.05) is 18.6 Å². The van der Waals surface area contributed by atoms with Crippen LogP contribution >= 0.6 is 0 Å². The summed E-state index contributed by atoms with van der Waals surface area (Å²) in [5.41, 5.74) is 0.413. The molecular weight excluding hydrogens is 399 g/mol. The predicted molar refractivity (Wildman–Crippen MR) is 93.8 cm³/mol. The second kappa shape index (κ2) is 9.06. The van der Waals surface area contributed by atoms with Gasteiger partial charge in [0.05, 0.1) is 0 Å². The monoisotopic (exact) mass is 422 g/mol. The number of carbonyl (C=O) groups excluding carboxylic acids is 1. The molecular formula is C19H23F5N2O3. The topological polar surface area (TPSA) is 69.6 Å². The third kappa shape index (κ3) is 5.43. The Morgan fingerprint density at radius 3 is 2.52 bits per heavy atom. The number of rotatable bonds is 3. The second-order valence-electron chi connectivity index (χ2n) is 7.40. The Morgan fingerprint density at radius 2 is 1.93 bits per heavy atom. The second-order valence-corrected chi connectivity index (χ2v) is 7.40. The Hall–Kier alpha value is -2.23. The van der Waals surface area contributed by atoms with E-state index in [0.717, 1.165) is 44.8 Å². The van der Waals surface area contributed by atoms with Crippen molar-refractivity contribution in [2.45, 2.75) is 38.4 Å². The van der Waals surface area contributed by atoms with Crippen LogP contribution in [0.1, 0.15) is 31.2 Å². The zero-order valence-corrected chi connectivity index (χ0v) is 15.9. The van der Waals surface area contributed by atoms with Crippen molar-refractivity contribution in [3.63, 3.8) is 0 Å². The van der Waals surface area contributed by atoms with Crippen LogP contribution in [0.3, 0.4) is 0 Å². The smallest absolute Gasteiger partial charge is 0.475 e. The standard InChI is InChI=1S/C17H22F2N2O.C2HF3O2/c1-20-16(22)13-5-3-7-17(13)8-9-21(11-17)10-12-4-2-6-14(18)15(12)19;3-2(4,5)1(6)7/h2,4,6,13H,3,5,7-11H2,1H3,(H,20,22);(H,6,7). The molecule has 2 unspecified atom stereocenters. The van der Waals surface area contributed by atoms with Gasteiger partial charge in [0, 0.05) is 31.6 Å². The molecule has 1 aliphatic carbocycles. The number of hydrogen-bond donors (Lipinski definition) is 2. The van der Waals surface area contributed by atoms with E-state index in [-0.39, 0.29) is 17.2 Å². The summed E-state index contributed by atoms with van der Waals surface area (Å²) >= 11 is 0. The third-order valence-corrected chi connectivity index (χ3v) is 5.60. The van der Waals surface area contributed by atoms with Crippen LogP contribution in [0.4, 0.5) is 22.0 Å². The Kier molecular flexibility index (Phi) is 7.20. The largest absolute Gasteiger partial charge is 0.490 e. The number of benzene rings is 1. The zero-order chi connectivity index (χ0) is 21.8. The minimum atomic E-state index is -5.08. The van der Waals surface area contributed by atoms with Crippen molar-refractivity contribution in [3.05, 3.63) is 35.4 Å². The lowest BCUT2D eigenvalue weighted by Gasteiger charge is -2.30. The summed E-state index contributed by atoms with van der Waals surface area (Å²) in [6.07, 6.45) is -1.07. The van der Waals surface area contributed by atoms with E-state index < -0.39 is 23.8 Å². The Bertz CT molecular complexity index is 756. The van der Waals surface area contributed by atoms with Crippen LogP contribution in [-0.2, 0) is 16.1 Å². The van der Waals surface area contributed by atoms with Crippen molar-refractivity contribution >= 4 is 11.9 Å². The first-order chi connectivity index (χ1) is 13.5. The van der Waals surface area contributed by atoms with Gasteiger partial charge in [0.15, 0.2) is 11.6 Å². The number of carboxylic acid groups (broad SMARTS) is 1. The van der Waals surface area contributed by atoms with Gasteiger partial charge in [0.25, 0.3) is 0 Å². The molecule has 3 rings (SSSR count). The maximum Gasteiger partial charge on any atom is 0.490 e. The van der Waals surface area contributed by atoms with Gasteiger partial charge < -0.3 is 10.4 Å². The minimum absolute atomic E-state index is 0.0178. The molecule has 1 aliphatic heterocycles. The van der Waals surface area contributed by atoms with Crippen molar-refractivity contribution in [1.82, 2.24) is 10.2 Å². The summed E-state index contributed by atoms with van der Waals surface area (Å²) in [5.74, 6) is -4.13. The van der Waals surface area contributed by atoms with E-state index >= 15 is 0 Å². The summed E-state index contributed by atoms with van der Waals surface area (Å²) in [5, 5.41) is 9.90. The van der Waals surface area contributed by atoms with Crippen molar-refractivity contribution in [3.8, 4) is 0 Å². The van der Waals surface area contributed by atoms with Gasteiger partial charge in [-0.05, 0) is 37.3 Å². The van der Waals surface area contributed by atoms with Gasteiger partial charge in [-0.2, -0.15) is 13.2 Å². The van der Waals surface area contributed by atoms with Gasteiger partial charge in [-0.25, -0.2) is 13.6 Å². The van der Waals surface area contributed by atoms with Crippen molar-refractivity contribution in [2.75, 3.05) is 20.1 Å². The Morgan fingerprint density at radius 1 is 1.28 bits per heavy atom. The van der Waals surface area contributed by atoms with Gasteiger partial charge >= 0.3 is 12.1 Å². The van der Waals surface area contributed by atoms with E-state index in [1.54, 1.807) is 19.2 Å². The number of alkyl halides is 3. The number of nitrogens with zero attached hydrogens (tertiary/aromatic N) is 1. The van der Waals surface area contributed by atoms with E-state index in [1.165, 1.54) is 0 Å². The number of hydrogen-bond acceptors (Lipinski definition) is 3. The Balaban J connectivity index is 0.000000370. The number of halogens is 5. The fourth-order valence-corrected chi connectivity index (χ4v) is 4.24. The molecule has 5 nitrogen and oxygen atoms in total. The molecule has 1 spiro atoms. The molecule has 2 aliphatic rings. The lowest BCUT2D eigenvalue weighted by molar-refractivity contribution is -0.192. The highest BCUT2D eigenvalue weighted by Gasteiger charge is 2.50. The van der Waals surface area contributed by atoms with Crippen molar-refractivity contribution < 1.29 is 36.6 Å². The van der Waals surface area contributed by atoms with Crippen molar-refractivity contribution in [1.29, 1.82) is 0 Å². The van der Waals surface area contributed by atoms with Gasteiger partial charge in [0.1, 0.15) is 0 Å². The average Bonchev–Trinajstić information content (AvgIpc) is 3.25. The quantitative estimate of drug-likeness (QED) is 0.734. The summed E-state index contributed by atoms with van der Waals surface area (Å²) in [6.45, 7) is 2.04. The summed E-state index contributed by atoms with van der Waals surface area (Å²) in [6, 6.07) is 4.32. The lowest BCUT2D eigenvalue weighted by atomic mass is 9.76. The Labute approximate surface area is 164 Å². The molecule has 162 valence electrons. The molecule has 2 atom stereocenters. The number of nitrogens with one attached hydrogen (secondary N) is 1. The third-order valence-electron chi connectivity index (χ3n) is 5.60.